The number of hydrogen-bond acceptors (Lipinski definition) is 3. The number of rotatable bonds is 3. The highest BCUT2D eigenvalue weighted by Gasteiger charge is 2.10. The van der Waals surface area contributed by atoms with Gasteiger partial charge in [0.15, 0.2) is 5.15 Å². The summed E-state index contributed by atoms with van der Waals surface area (Å²) < 4.78 is 3.78. The summed E-state index contributed by atoms with van der Waals surface area (Å²) in [5.74, 6) is 0. The molecule has 0 N–H and O–H groups in total. The van der Waals surface area contributed by atoms with Crippen LogP contribution in [0.4, 0.5) is 0 Å². The molecule has 0 saturated heterocycles. The summed E-state index contributed by atoms with van der Waals surface area (Å²) in [5.41, 5.74) is 0.745. The Labute approximate surface area is 118 Å². The van der Waals surface area contributed by atoms with Crippen LogP contribution in [-0.2, 0) is 6.54 Å². The number of aromatic nitrogens is 4. The molecule has 0 aromatic carbocycles. The molecule has 0 aliphatic heterocycles. The highest BCUT2D eigenvalue weighted by Crippen LogP contribution is 2.15. The minimum Gasteiger partial charge on any atom is -0.330 e. The Kier molecular flexibility index (Phi) is 3.87. The highest BCUT2D eigenvalue weighted by molar-refractivity contribution is 9.10. The fourth-order valence-electron chi connectivity index (χ4n) is 1.65. The third kappa shape index (κ3) is 2.49. The van der Waals surface area contributed by atoms with Crippen LogP contribution in [0.3, 0.4) is 0 Å². The molecule has 0 radical (unpaired) electrons. The number of halogens is 2. The molecule has 0 amide bonds. The molecule has 0 saturated carbocycles. The number of nitrogens with zero attached hydrogens (tertiary/aromatic N) is 4. The van der Waals surface area contributed by atoms with E-state index in [1.54, 1.807) is 12.5 Å². The second-order valence-corrected chi connectivity index (χ2v) is 5.32. The third-order valence-electron chi connectivity index (χ3n) is 2.58. The normalized spacial score (nSPS) is 11.2. The molecule has 0 bridgehead atoms. The van der Waals surface area contributed by atoms with Crippen molar-refractivity contribution in [1.29, 1.82) is 0 Å². The Hall–Kier alpha value is -1.14. The molecule has 5 nitrogen and oxygen atoms in total. The molecule has 0 aliphatic carbocycles. The van der Waals surface area contributed by atoms with Gasteiger partial charge >= 0.3 is 0 Å². The summed E-state index contributed by atoms with van der Waals surface area (Å²) in [6, 6.07) is 0.293. The zero-order valence-electron chi connectivity index (χ0n) is 9.97. The minimum absolute atomic E-state index is 0.175. The van der Waals surface area contributed by atoms with Gasteiger partial charge in [0.1, 0.15) is 4.47 Å². The molecule has 2 rings (SSSR count). The van der Waals surface area contributed by atoms with E-state index in [4.69, 9.17) is 11.6 Å². The van der Waals surface area contributed by atoms with Crippen molar-refractivity contribution in [1.82, 2.24) is 19.1 Å². The fourth-order valence-corrected chi connectivity index (χ4v) is 2.11. The molecule has 2 aromatic heterocycles. The molecule has 7 heteroatoms. The van der Waals surface area contributed by atoms with E-state index in [1.807, 2.05) is 4.57 Å². The summed E-state index contributed by atoms with van der Waals surface area (Å²) in [5, 5.41) is 0.175. The molecule has 0 atom stereocenters. The van der Waals surface area contributed by atoms with Crippen molar-refractivity contribution in [2.24, 2.45) is 0 Å². The van der Waals surface area contributed by atoms with Gasteiger partial charge in [0.25, 0.3) is 5.56 Å². The monoisotopic (exact) mass is 330 g/mol. The topological polar surface area (TPSA) is 52.7 Å². The van der Waals surface area contributed by atoms with Crippen LogP contribution in [0.1, 0.15) is 25.6 Å². The number of imidazole rings is 1. The predicted molar refractivity (Wildman–Crippen MR) is 72.9 cm³/mol. The molecule has 2 heterocycles. The molecule has 0 fully saturated rings. The lowest BCUT2D eigenvalue weighted by molar-refractivity contribution is 0.555. The quantitative estimate of drug-likeness (QED) is 0.812. The van der Waals surface area contributed by atoms with Crippen LogP contribution in [0.2, 0.25) is 5.15 Å². The van der Waals surface area contributed by atoms with Gasteiger partial charge in [-0.05, 0) is 29.8 Å². The van der Waals surface area contributed by atoms with Crippen molar-refractivity contribution in [2.75, 3.05) is 0 Å². The summed E-state index contributed by atoms with van der Waals surface area (Å²) in [4.78, 5) is 20.0. The molecule has 96 valence electrons. The number of hydrogen-bond donors (Lipinski definition) is 0. The molecule has 2 aromatic rings. The highest BCUT2D eigenvalue weighted by atomic mass is 79.9. The maximum Gasteiger partial charge on any atom is 0.269 e. The van der Waals surface area contributed by atoms with Gasteiger partial charge in [-0.2, -0.15) is 0 Å². The van der Waals surface area contributed by atoms with Gasteiger partial charge in [-0.15, -0.1) is 0 Å². The first-order chi connectivity index (χ1) is 8.50. The average Bonchev–Trinajstić information content (AvgIpc) is 2.78. The molecule has 0 aliphatic rings. The average molecular weight is 332 g/mol. The van der Waals surface area contributed by atoms with E-state index in [0.29, 0.717) is 12.6 Å². The molecule has 18 heavy (non-hydrogen) atoms. The molecular weight excluding hydrogens is 320 g/mol. The zero-order valence-corrected chi connectivity index (χ0v) is 12.3. The van der Waals surface area contributed by atoms with E-state index in [0.717, 1.165) is 5.69 Å². The largest absolute Gasteiger partial charge is 0.330 e. The van der Waals surface area contributed by atoms with Crippen LogP contribution < -0.4 is 5.56 Å². The van der Waals surface area contributed by atoms with Crippen molar-refractivity contribution in [3.8, 4) is 0 Å². The minimum atomic E-state index is -0.202. The standard InChI is InChI=1S/C11H12BrClN4O/c1-7(2)17-5-14-3-8(17)4-16-6-15-10(13)9(12)11(16)18/h3,5-7H,4H2,1-2H3. The van der Waals surface area contributed by atoms with E-state index < -0.39 is 0 Å². The Bertz CT molecular complexity index is 620. The molecule has 0 spiro atoms. The Morgan fingerprint density at radius 1 is 1.44 bits per heavy atom. The lowest BCUT2D eigenvalue weighted by atomic mass is 10.3. The summed E-state index contributed by atoms with van der Waals surface area (Å²) >= 11 is 8.89. The maximum atomic E-state index is 12.0. The Balaban J connectivity index is 2.38. The van der Waals surface area contributed by atoms with E-state index >= 15 is 0 Å². The van der Waals surface area contributed by atoms with E-state index in [1.165, 1.54) is 10.9 Å². The lowest BCUT2D eigenvalue weighted by Crippen LogP contribution is -2.23. The lowest BCUT2D eigenvalue weighted by Gasteiger charge is -2.12. The molecular formula is C11H12BrClN4O. The second-order valence-electron chi connectivity index (χ2n) is 4.17. The predicted octanol–water partition coefficient (Wildman–Crippen LogP) is 2.48. The third-order valence-corrected chi connectivity index (χ3v) is 3.80. The smallest absolute Gasteiger partial charge is 0.269 e. The Morgan fingerprint density at radius 2 is 2.17 bits per heavy atom. The molecule has 0 unspecified atom stereocenters. The first-order valence-corrected chi connectivity index (χ1v) is 6.59. The van der Waals surface area contributed by atoms with Gasteiger partial charge in [-0.1, -0.05) is 11.6 Å². The van der Waals surface area contributed by atoms with Crippen LogP contribution in [0.25, 0.3) is 0 Å². The summed E-state index contributed by atoms with van der Waals surface area (Å²) in [7, 11) is 0. The van der Waals surface area contributed by atoms with Crippen LogP contribution in [-0.4, -0.2) is 19.1 Å². The Morgan fingerprint density at radius 3 is 2.83 bits per heavy atom. The SMILES string of the molecule is CC(C)n1cncc1Cn1cnc(Cl)c(Br)c1=O. The zero-order chi connectivity index (χ0) is 13.3. The van der Waals surface area contributed by atoms with Gasteiger partial charge in [0.2, 0.25) is 0 Å². The van der Waals surface area contributed by atoms with Crippen molar-refractivity contribution < 1.29 is 0 Å². The van der Waals surface area contributed by atoms with Gasteiger partial charge in [-0.3, -0.25) is 9.36 Å². The van der Waals surface area contributed by atoms with Crippen LogP contribution in [0.15, 0.2) is 28.1 Å². The van der Waals surface area contributed by atoms with Crippen LogP contribution in [0.5, 0.6) is 0 Å². The van der Waals surface area contributed by atoms with E-state index in [9.17, 15) is 4.79 Å². The maximum absolute atomic E-state index is 12.0. The summed E-state index contributed by atoms with van der Waals surface area (Å²) in [6.45, 7) is 4.54. The fraction of sp³-hybridized carbons (Fsp3) is 0.364. The van der Waals surface area contributed by atoms with Gasteiger partial charge in [0, 0.05) is 12.2 Å². The van der Waals surface area contributed by atoms with Crippen molar-refractivity contribution >= 4 is 27.5 Å². The van der Waals surface area contributed by atoms with E-state index in [2.05, 4.69) is 39.7 Å². The van der Waals surface area contributed by atoms with Crippen molar-refractivity contribution in [3.05, 3.63) is 44.5 Å². The first-order valence-electron chi connectivity index (χ1n) is 5.42. The first kappa shape index (κ1) is 13.3. The second kappa shape index (κ2) is 5.24. The van der Waals surface area contributed by atoms with Crippen LogP contribution >= 0.6 is 27.5 Å². The van der Waals surface area contributed by atoms with Crippen LogP contribution in [0, 0.1) is 0 Å². The van der Waals surface area contributed by atoms with E-state index in [-0.39, 0.29) is 15.2 Å². The van der Waals surface area contributed by atoms with Crippen molar-refractivity contribution in [2.45, 2.75) is 26.4 Å². The van der Waals surface area contributed by atoms with Gasteiger partial charge in [0.05, 0.1) is 24.9 Å². The van der Waals surface area contributed by atoms with Gasteiger partial charge < -0.3 is 4.57 Å². The van der Waals surface area contributed by atoms with Gasteiger partial charge in [-0.25, -0.2) is 9.97 Å². The van der Waals surface area contributed by atoms with Crippen molar-refractivity contribution in [3.63, 3.8) is 0 Å². The summed E-state index contributed by atoms with van der Waals surface area (Å²) in [6.07, 6.45) is 4.94.